The minimum Gasteiger partial charge on any atom is -0.625 e. The van der Waals surface area contributed by atoms with E-state index in [0.29, 0.717) is 22.7 Å². The van der Waals surface area contributed by atoms with Gasteiger partial charge in [-0.3, -0.25) is 0 Å². The molecule has 0 radical (unpaired) electrons. The van der Waals surface area contributed by atoms with Gasteiger partial charge in [0.25, 0.3) is 11.9 Å². The minimum atomic E-state index is -0.270. The second-order valence-corrected chi connectivity index (χ2v) is 12.5. The van der Waals surface area contributed by atoms with Gasteiger partial charge < -0.3 is 30.0 Å². The van der Waals surface area contributed by atoms with Crippen molar-refractivity contribution in [2.75, 3.05) is 36.0 Å². The summed E-state index contributed by atoms with van der Waals surface area (Å²) < 4.78 is 0. The van der Waals surface area contributed by atoms with Crippen molar-refractivity contribution in [1.82, 2.24) is 19.9 Å². The van der Waals surface area contributed by atoms with Crippen LogP contribution in [-0.4, -0.2) is 57.9 Å². The van der Waals surface area contributed by atoms with Gasteiger partial charge in [-0.05, 0) is 75.9 Å². The Morgan fingerprint density at radius 1 is 0.545 bits per heavy atom. The zero-order valence-electron chi connectivity index (χ0n) is 32.9. The number of hydrogen-bond acceptors (Lipinski definition) is 12. The van der Waals surface area contributed by atoms with Gasteiger partial charge in [-0.15, -0.1) is 31.8 Å². The van der Waals surface area contributed by atoms with Crippen LogP contribution in [0.5, 0.6) is 0 Å². The van der Waals surface area contributed by atoms with Crippen LogP contribution >= 0.6 is 0 Å². The van der Waals surface area contributed by atoms with Gasteiger partial charge >= 0.3 is 16.5 Å². The van der Waals surface area contributed by atoms with Crippen molar-refractivity contribution < 1.29 is 26.1 Å². The molecule has 0 spiro atoms. The largest absolute Gasteiger partial charge is 2.00 e. The standard InChI is InChI=1S/2C20H28N6O.Ni/c2*1-4-6-13-26(14-7-5-2)17-9-10-18(19(15-17)23-16(3)27)24-25-20-21-11-8-12-22-20;/h2*8-12,15H,4-7,13-14H2,1-3H3,(H,21,22,23,25,27);/q;;+2/p-2. The number of unbranched alkanes of at least 4 members (excludes halogenated alkanes) is 4. The molecule has 0 unspecified atom stereocenters. The molecule has 0 N–H and O–H groups in total. The Bertz CT molecular complexity index is 1610. The van der Waals surface area contributed by atoms with Gasteiger partial charge in [0.2, 0.25) is 0 Å². The van der Waals surface area contributed by atoms with Crippen LogP contribution < -0.4 is 9.80 Å². The van der Waals surface area contributed by atoms with Crippen molar-refractivity contribution in [2.24, 2.45) is 20.5 Å². The third kappa shape index (κ3) is 17.2. The van der Waals surface area contributed by atoms with Crippen LogP contribution in [0.3, 0.4) is 0 Å². The minimum absolute atomic E-state index is 0. The first-order valence-corrected chi connectivity index (χ1v) is 18.9. The number of benzene rings is 2. The van der Waals surface area contributed by atoms with Crippen LogP contribution in [0.4, 0.5) is 46.0 Å². The van der Waals surface area contributed by atoms with Gasteiger partial charge in [0.05, 0.1) is 23.2 Å². The second kappa shape index (κ2) is 26.6. The summed E-state index contributed by atoms with van der Waals surface area (Å²) in [6.45, 7) is 15.5. The predicted octanol–water partition coefficient (Wildman–Crippen LogP) is 11.7. The normalized spacial score (nSPS) is 10.7. The van der Waals surface area contributed by atoms with E-state index in [-0.39, 0.29) is 40.2 Å². The van der Waals surface area contributed by atoms with E-state index in [9.17, 15) is 9.59 Å². The number of amides is 2. The Morgan fingerprint density at radius 2 is 0.873 bits per heavy atom. The second-order valence-electron chi connectivity index (χ2n) is 12.5. The van der Waals surface area contributed by atoms with Crippen LogP contribution in [0.25, 0.3) is 10.6 Å². The Morgan fingerprint density at radius 3 is 1.16 bits per heavy atom. The van der Waals surface area contributed by atoms with Gasteiger partial charge in [-0.2, -0.15) is 0 Å². The third-order valence-electron chi connectivity index (χ3n) is 7.93. The molecule has 0 atom stereocenters. The van der Waals surface area contributed by atoms with Crippen LogP contribution in [0.15, 0.2) is 93.8 Å². The Labute approximate surface area is 336 Å². The Kier molecular flexibility index (Phi) is 22.2. The summed E-state index contributed by atoms with van der Waals surface area (Å²) >= 11 is 0. The van der Waals surface area contributed by atoms with Crippen molar-refractivity contribution in [3.63, 3.8) is 0 Å². The van der Waals surface area contributed by atoms with Crippen LogP contribution in [0.2, 0.25) is 0 Å². The molecular weight excluding hydrogens is 739 g/mol. The molecule has 0 aliphatic rings. The summed E-state index contributed by atoms with van der Waals surface area (Å²) in [6.07, 6.45) is 15.4. The predicted molar refractivity (Wildman–Crippen MR) is 217 cm³/mol. The van der Waals surface area contributed by atoms with Crippen molar-refractivity contribution in [3.8, 4) is 0 Å². The molecule has 55 heavy (non-hydrogen) atoms. The van der Waals surface area contributed by atoms with Crippen molar-refractivity contribution in [3.05, 3.63) is 84.0 Å². The topological polar surface area (TPSA) is 170 Å². The molecule has 0 fully saturated rings. The SMILES string of the molecule is CCCCN(CCCC)c1ccc(N=Nc2ncccn2)c([N-]C(C)=O)c1.CCCCN(CCCC)c1ccc(N=Nc2ncccn2)c([N-]C(C)=O)c1.[Ni+2]. The molecule has 4 rings (SSSR count). The average molecular weight is 794 g/mol. The first-order chi connectivity index (χ1) is 26.3. The van der Waals surface area contributed by atoms with E-state index in [0.717, 1.165) is 88.9 Å². The van der Waals surface area contributed by atoms with Gasteiger partial charge in [-0.1, -0.05) is 65.5 Å². The monoisotopic (exact) mass is 792 g/mol. The molecule has 15 heteroatoms. The summed E-state index contributed by atoms with van der Waals surface area (Å²) in [4.78, 5) is 43.9. The van der Waals surface area contributed by atoms with Gasteiger partial charge in [0.15, 0.2) is 0 Å². The number of nitrogens with zero attached hydrogens (tertiary/aromatic N) is 12. The van der Waals surface area contributed by atoms with Crippen molar-refractivity contribution in [1.29, 1.82) is 0 Å². The Hall–Kier alpha value is -5.17. The van der Waals surface area contributed by atoms with Crippen LogP contribution in [0, 0.1) is 0 Å². The fourth-order valence-electron chi connectivity index (χ4n) is 5.12. The quantitative estimate of drug-likeness (QED) is 0.0628. The first-order valence-electron chi connectivity index (χ1n) is 18.9. The molecule has 296 valence electrons. The molecule has 0 aliphatic heterocycles. The number of azo groups is 2. The fraction of sp³-hybridized carbons (Fsp3) is 0.450. The summed E-state index contributed by atoms with van der Waals surface area (Å²) in [7, 11) is 0. The molecule has 2 amide bonds. The number of hydrogen-bond donors (Lipinski definition) is 0. The van der Waals surface area contributed by atoms with E-state index in [1.807, 2.05) is 36.4 Å². The van der Waals surface area contributed by atoms with Gasteiger partial charge in [0, 0.05) is 62.3 Å². The fourth-order valence-corrected chi connectivity index (χ4v) is 5.12. The number of rotatable bonds is 20. The van der Waals surface area contributed by atoms with E-state index in [2.05, 4.69) is 88.5 Å². The summed E-state index contributed by atoms with van der Waals surface area (Å²) in [5.74, 6) is -0.00723. The maximum Gasteiger partial charge on any atom is 2.00 e. The van der Waals surface area contributed by atoms with E-state index in [4.69, 9.17) is 0 Å². The van der Waals surface area contributed by atoms with E-state index in [1.165, 1.54) is 13.8 Å². The average Bonchev–Trinajstić information content (AvgIpc) is 3.18. The number of anilines is 2. The molecule has 4 aromatic rings. The summed E-state index contributed by atoms with van der Waals surface area (Å²) in [5, 5.41) is 24.7. The number of carbonyl (C=O) groups excluding carboxylic acids is 2. The smallest absolute Gasteiger partial charge is 0.625 e. The Balaban J connectivity index is 0.000000373. The van der Waals surface area contributed by atoms with Crippen LogP contribution in [0.1, 0.15) is 92.9 Å². The zero-order valence-corrected chi connectivity index (χ0v) is 33.9. The van der Waals surface area contributed by atoms with E-state index >= 15 is 0 Å². The van der Waals surface area contributed by atoms with E-state index < -0.39 is 0 Å². The molecule has 2 aromatic carbocycles. The molecule has 0 saturated heterocycles. The van der Waals surface area contributed by atoms with E-state index in [1.54, 1.807) is 36.9 Å². The molecule has 14 nitrogen and oxygen atoms in total. The zero-order chi connectivity index (χ0) is 39.0. The summed E-state index contributed by atoms with van der Waals surface area (Å²) in [5.41, 5.74) is 4.16. The third-order valence-corrected chi connectivity index (χ3v) is 7.93. The van der Waals surface area contributed by atoms with Crippen molar-refractivity contribution >= 4 is 57.8 Å². The molecule has 0 bridgehead atoms. The molecule has 2 heterocycles. The number of carbonyl (C=O) groups is 2. The van der Waals surface area contributed by atoms with Crippen LogP contribution in [-0.2, 0) is 26.1 Å². The molecule has 0 aliphatic carbocycles. The summed E-state index contributed by atoms with van der Waals surface area (Å²) in [6, 6.07) is 14.9. The maximum atomic E-state index is 11.6. The van der Waals surface area contributed by atoms with Gasteiger partial charge in [-0.25, -0.2) is 19.9 Å². The number of aromatic nitrogens is 4. The van der Waals surface area contributed by atoms with Crippen molar-refractivity contribution in [2.45, 2.75) is 92.9 Å². The first kappa shape index (κ1) is 46.0. The molecule has 2 aromatic heterocycles. The molecular formula is C40H54N12NiO2. The van der Waals surface area contributed by atoms with Gasteiger partial charge in [0.1, 0.15) is 0 Å². The maximum absolute atomic E-state index is 11.6. The molecule has 0 saturated carbocycles.